The number of ether oxygens (including phenoxy) is 2. The lowest BCUT2D eigenvalue weighted by atomic mass is 10.1. The molecule has 0 saturated carbocycles. The van der Waals surface area contributed by atoms with E-state index in [0.717, 1.165) is 5.56 Å². The van der Waals surface area contributed by atoms with Crippen molar-refractivity contribution in [2.45, 2.75) is 13.5 Å². The van der Waals surface area contributed by atoms with Gasteiger partial charge in [-0.25, -0.2) is 0 Å². The lowest BCUT2D eigenvalue weighted by Gasteiger charge is -2.13. The molecule has 1 aromatic heterocycles. The monoisotopic (exact) mass is 403 g/mol. The Morgan fingerprint density at radius 1 is 1.07 bits per heavy atom. The average Bonchev–Trinajstić information content (AvgIpc) is 2.77. The van der Waals surface area contributed by atoms with E-state index in [-0.39, 0.29) is 12.1 Å². The lowest BCUT2D eigenvalue weighted by Crippen LogP contribution is -2.33. The number of rotatable bonds is 6. The van der Waals surface area contributed by atoms with E-state index in [1.165, 1.54) is 17.7 Å². The molecular formula is C23H21N3O4. The van der Waals surface area contributed by atoms with Gasteiger partial charge in [0, 0.05) is 12.2 Å². The third-order valence-electron chi connectivity index (χ3n) is 4.66. The highest BCUT2D eigenvalue weighted by atomic mass is 16.5. The largest absolute Gasteiger partial charge is 0.493 e. The first-order chi connectivity index (χ1) is 14.5. The van der Waals surface area contributed by atoms with Gasteiger partial charge in [-0.2, -0.15) is 5.26 Å². The molecule has 152 valence electrons. The fraction of sp³-hybridized carbons (Fsp3) is 0.174. The molecule has 3 rings (SSSR count). The second-order valence-electron chi connectivity index (χ2n) is 6.56. The van der Waals surface area contributed by atoms with Crippen molar-refractivity contribution in [1.29, 1.82) is 5.26 Å². The van der Waals surface area contributed by atoms with Crippen LogP contribution in [0.3, 0.4) is 0 Å². The van der Waals surface area contributed by atoms with Gasteiger partial charge in [-0.05, 0) is 55.0 Å². The number of hydrogen-bond donors (Lipinski definition) is 1. The standard InChI is InChI=1S/C23H21N3O4/c1-15-7-9-19(23(28)26(15)18-6-4-5-16(11-18)13-24)22(27)25-14-17-8-10-20(29-2)21(12-17)30-3/h4-12H,14H2,1-3H3,(H,25,27). The molecule has 0 fully saturated rings. The van der Waals surface area contributed by atoms with Crippen molar-refractivity contribution in [3.05, 3.63) is 87.3 Å². The minimum atomic E-state index is -0.486. The molecular weight excluding hydrogens is 382 g/mol. The van der Waals surface area contributed by atoms with E-state index in [4.69, 9.17) is 14.7 Å². The first kappa shape index (κ1) is 20.7. The maximum Gasteiger partial charge on any atom is 0.268 e. The third kappa shape index (κ3) is 4.18. The highest BCUT2D eigenvalue weighted by Crippen LogP contribution is 2.27. The van der Waals surface area contributed by atoms with Gasteiger partial charge in [0.2, 0.25) is 0 Å². The number of carbonyl (C=O) groups is 1. The van der Waals surface area contributed by atoms with Crippen molar-refractivity contribution in [2.24, 2.45) is 0 Å². The first-order valence-corrected chi connectivity index (χ1v) is 9.20. The number of aryl methyl sites for hydroxylation is 1. The quantitative estimate of drug-likeness (QED) is 0.683. The predicted octanol–water partition coefficient (Wildman–Crippen LogP) is 2.96. The number of nitrogens with zero attached hydrogens (tertiary/aromatic N) is 2. The number of methoxy groups -OCH3 is 2. The molecule has 3 aromatic rings. The van der Waals surface area contributed by atoms with E-state index in [1.807, 2.05) is 6.07 Å². The third-order valence-corrected chi connectivity index (χ3v) is 4.66. The molecule has 0 unspecified atom stereocenters. The predicted molar refractivity (Wildman–Crippen MR) is 112 cm³/mol. The summed E-state index contributed by atoms with van der Waals surface area (Å²) in [5.74, 6) is 0.660. The number of nitrogens with one attached hydrogen (secondary N) is 1. The Balaban J connectivity index is 1.87. The Kier molecular flexibility index (Phi) is 6.18. The van der Waals surface area contributed by atoms with Gasteiger partial charge >= 0.3 is 0 Å². The molecule has 7 heteroatoms. The number of amides is 1. The van der Waals surface area contributed by atoms with Gasteiger partial charge in [0.05, 0.1) is 31.5 Å². The summed E-state index contributed by atoms with van der Waals surface area (Å²) in [6.45, 7) is 1.99. The van der Waals surface area contributed by atoms with Gasteiger partial charge in [-0.1, -0.05) is 12.1 Å². The molecule has 0 bridgehead atoms. The van der Waals surface area contributed by atoms with Crippen LogP contribution in [-0.2, 0) is 6.54 Å². The molecule has 0 atom stereocenters. The topological polar surface area (TPSA) is 93.4 Å². The van der Waals surface area contributed by atoms with Crippen LogP contribution in [0.25, 0.3) is 5.69 Å². The van der Waals surface area contributed by atoms with E-state index < -0.39 is 11.5 Å². The van der Waals surface area contributed by atoms with Crippen LogP contribution in [0.4, 0.5) is 0 Å². The SMILES string of the molecule is COc1ccc(CNC(=O)c2ccc(C)n(-c3cccc(C#N)c3)c2=O)cc1OC. The van der Waals surface area contributed by atoms with Gasteiger partial charge in [0.25, 0.3) is 11.5 Å². The van der Waals surface area contributed by atoms with Crippen LogP contribution in [0, 0.1) is 18.3 Å². The molecule has 0 aliphatic heterocycles. The molecule has 0 aliphatic carbocycles. The first-order valence-electron chi connectivity index (χ1n) is 9.20. The summed E-state index contributed by atoms with van der Waals surface area (Å²) in [5.41, 5.74) is 1.99. The van der Waals surface area contributed by atoms with Gasteiger partial charge in [-0.15, -0.1) is 0 Å². The Morgan fingerprint density at radius 3 is 2.53 bits per heavy atom. The van der Waals surface area contributed by atoms with E-state index in [0.29, 0.717) is 28.4 Å². The van der Waals surface area contributed by atoms with E-state index in [1.54, 1.807) is 56.5 Å². The maximum atomic E-state index is 13.0. The van der Waals surface area contributed by atoms with Crippen molar-refractivity contribution >= 4 is 5.91 Å². The summed E-state index contributed by atoms with van der Waals surface area (Å²) in [6, 6.07) is 17.3. The highest BCUT2D eigenvalue weighted by molar-refractivity contribution is 5.93. The molecule has 0 spiro atoms. The van der Waals surface area contributed by atoms with E-state index >= 15 is 0 Å². The molecule has 1 heterocycles. The summed E-state index contributed by atoms with van der Waals surface area (Å²) < 4.78 is 11.9. The van der Waals surface area contributed by atoms with E-state index in [9.17, 15) is 9.59 Å². The zero-order chi connectivity index (χ0) is 21.7. The Bertz CT molecular complexity index is 1190. The number of carbonyl (C=O) groups excluding carboxylic acids is 1. The maximum absolute atomic E-state index is 13.0. The Morgan fingerprint density at radius 2 is 1.83 bits per heavy atom. The van der Waals surface area contributed by atoms with Gasteiger partial charge in [0.1, 0.15) is 5.56 Å². The molecule has 1 N–H and O–H groups in total. The van der Waals surface area contributed by atoms with Crippen LogP contribution in [0.2, 0.25) is 0 Å². The van der Waals surface area contributed by atoms with Crippen molar-refractivity contribution in [3.63, 3.8) is 0 Å². The fourth-order valence-electron chi connectivity index (χ4n) is 3.11. The Labute approximate surface area is 174 Å². The van der Waals surface area contributed by atoms with Crippen LogP contribution >= 0.6 is 0 Å². The zero-order valence-corrected chi connectivity index (χ0v) is 16.9. The number of benzene rings is 2. The molecule has 2 aromatic carbocycles. The minimum Gasteiger partial charge on any atom is -0.493 e. The molecule has 0 radical (unpaired) electrons. The summed E-state index contributed by atoms with van der Waals surface area (Å²) >= 11 is 0. The van der Waals surface area contributed by atoms with E-state index in [2.05, 4.69) is 11.4 Å². The van der Waals surface area contributed by atoms with Gasteiger partial charge in [-0.3, -0.25) is 14.2 Å². The van der Waals surface area contributed by atoms with Crippen molar-refractivity contribution in [2.75, 3.05) is 14.2 Å². The average molecular weight is 403 g/mol. The van der Waals surface area contributed by atoms with Crippen molar-refractivity contribution in [3.8, 4) is 23.3 Å². The normalized spacial score (nSPS) is 10.2. The smallest absolute Gasteiger partial charge is 0.268 e. The summed E-state index contributed by atoms with van der Waals surface area (Å²) in [4.78, 5) is 25.7. The van der Waals surface area contributed by atoms with Crippen molar-refractivity contribution < 1.29 is 14.3 Å². The zero-order valence-electron chi connectivity index (χ0n) is 16.9. The lowest BCUT2D eigenvalue weighted by molar-refractivity contribution is 0.0949. The number of hydrogen-bond acceptors (Lipinski definition) is 5. The second kappa shape index (κ2) is 8.97. The summed E-state index contributed by atoms with van der Waals surface area (Å²) in [6.07, 6.45) is 0. The molecule has 7 nitrogen and oxygen atoms in total. The fourth-order valence-corrected chi connectivity index (χ4v) is 3.11. The number of nitriles is 1. The molecule has 1 amide bonds. The molecule has 0 aliphatic rings. The van der Waals surface area contributed by atoms with Gasteiger partial charge in [0.15, 0.2) is 11.5 Å². The molecule has 30 heavy (non-hydrogen) atoms. The van der Waals surface area contributed by atoms with Crippen LogP contribution in [0.1, 0.15) is 27.2 Å². The minimum absolute atomic E-state index is 0.0171. The van der Waals surface area contributed by atoms with Crippen LogP contribution in [0.5, 0.6) is 11.5 Å². The van der Waals surface area contributed by atoms with Crippen LogP contribution in [0.15, 0.2) is 59.4 Å². The number of pyridine rings is 1. The summed E-state index contributed by atoms with van der Waals surface area (Å²) in [5, 5.41) is 11.9. The van der Waals surface area contributed by atoms with Gasteiger partial charge < -0.3 is 14.8 Å². The summed E-state index contributed by atoms with van der Waals surface area (Å²) in [7, 11) is 3.09. The highest BCUT2D eigenvalue weighted by Gasteiger charge is 2.15. The molecule has 0 saturated heterocycles. The Hall–Kier alpha value is -4.05. The van der Waals surface area contributed by atoms with Crippen molar-refractivity contribution in [1.82, 2.24) is 9.88 Å². The van der Waals surface area contributed by atoms with Crippen LogP contribution < -0.4 is 20.3 Å². The second-order valence-corrected chi connectivity index (χ2v) is 6.56. The van der Waals surface area contributed by atoms with Crippen LogP contribution in [-0.4, -0.2) is 24.7 Å². The number of aromatic nitrogens is 1.